The molecular formula is C21H28IN5S. The Bertz CT molecular complexity index is 857. The maximum Gasteiger partial charge on any atom is 0.191 e. The predicted molar refractivity (Wildman–Crippen MR) is 129 cm³/mol. The van der Waals surface area contributed by atoms with Crippen molar-refractivity contribution in [3.8, 4) is 0 Å². The first kappa shape index (κ1) is 22.4. The summed E-state index contributed by atoms with van der Waals surface area (Å²) in [7, 11) is 1.81. The van der Waals surface area contributed by atoms with Gasteiger partial charge in [-0.1, -0.05) is 44.2 Å². The van der Waals surface area contributed by atoms with Crippen LogP contribution in [-0.4, -0.2) is 29.3 Å². The van der Waals surface area contributed by atoms with Gasteiger partial charge in [0.15, 0.2) is 5.96 Å². The highest BCUT2D eigenvalue weighted by molar-refractivity contribution is 14.0. The average Bonchev–Trinajstić information content (AvgIpc) is 3.37. The van der Waals surface area contributed by atoms with Crippen LogP contribution in [0.1, 0.15) is 29.9 Å². The lowest BCUT2D eigenvalue weighted by atomic mass is 9.91. The maximum absolute atomic E-state index is 4.37. The van der Waals surface area contributed by atoms with Crippen molar-refractivity contribution >= 4 is 41.3 Å². The van der Waals surface area contributed by atoms with E-state index >= 15 is 0 Å². The van der Waals surface area contributed by atoms with Crippen molar-refractivity contribution in [2.75, 3.05) is 13.6 Å². The smallest absolute Gasteiger partial charge is 0.191 e. The number of nitrogens with zero attached hydrogens (tertiary/aromatic N) is 3. The number of hydrogen-bond acceptors (Lipinski definition) is 3. The second-order valence-corrected chi connectivity index (χ2v) is 8.06. The van der Waals surface area contributed by atoms with E-state index in [1.54, 1.807) is 11.3 Å². The summed E-state index contributed by atoms with van der Waals surface area (Å²) >= 11 is 1.79. The zero-order valence-electron chi connectivity index (χ0n) is 16.6. The van der Waals surface area contributed by atoms with Gasteiger partial charge in [0, 0.05) is 42.8 Å². The van der Waals surface area contributed by atoms with E-state index in [0.29, 0.717) is 0 Å². The molecule has 2 aromatic heterocycles. The van der Waals surface area contributed by atoms with Crippen molar-refractivity contribution in [2.24, 2.45) is 4.99 Å². The molecule has 0 radical (unpaired) electrons. The Labute approximate surface area is 188 Å². The van der Waals surface area contributed by atoms with Crippen LogP contribution in [0.25, 0.3) is 0 Å². The van der Waals surface area contributed by atoms with Gasteiger partial charge in [0.25, 0.3) is 0 Å². The fraction of sp³-hybridized carbons (Fsp3) is 0.333. The summed E-state index contributed by atoms with van der Waals surface area (Å²) in [5.41, 5.74) is 2.56. The minimum atomic E-state index is 0. The van der Waals surface area contributed by atoms with E-state index in [4.69, 9.17) is 0 Å². The van der Waals surface area contributed by atoms with E-state index in [0.717, 1.165) is 25.6 Å². The second kappa shape index (κ2) is 10.6. The Balaban J connectivity index is 0.00000280. The van der Waals surface area contributed by atoms with Crippen LogP contribution < -0.4 is 10.6 Å². The van der Waals surface area contributed by atoms with Crippen LogP contribution in [0.3, 0.4) is 0 Å². The highest BCUT2D eigenvalue weighted by atomic mass is 127. The van der Waals surface area contributed by atoms with Gasteiger partial charge in [0.2, 0.25) is 0 Å². The number of guanidine groups is 1. The number of hydrogen-bond donors (Lipinski definition) is 2. The fourth-order valence-electron chi connectivity index (χ4n) is 2.91. The topological polar surface area (TPSA) is 54.2 Å². The molecule has 0 amide bonds. The summed E-state index contributed by atoms with van der Waals surface area (Å²) in [4.78, 5) is 5.74. The highest BCUT2D eigenvalue weighted by Gasteiger charge is 2.21. The van der Waals surface area contributed by atoms with Gasteiger partial charge in [-0.15, -0.1) is 35.3 Å². The van der Waals surface area contributed by atoms with Crippen LogP contribution in [0, 0.1) is 0 Å². The molecule has 2 N–H and O–H groups in total. The molecule has 3 rings (SSSR count). The number of aliphatic imine (C=N–C) groups is 1. The SMILES string of the molecule is CN=C(NCc1ccccc1Cn1cccn1)NCC(C)(C)c1cccs1.I. The molecule has 0 saturated heterocycles. The molecule has 1 aromatic carbocycles. The largest absolute Gasteiger partial charge is 0.356 e. The van der Waals surface area contributed by atoms with E-state index in [1.165, 1.54) is 16.0 Å². The van der Waals surface area contributed by atoms with E-state index in [9.17, 15) is 0 Å². The van der Waals surface area contributed by atoms with E-state index in [-0.39, 0.29) is 29.4 Å². The van der Waals surface area contributed by atoms with Gasteiger partial charge >= 0.3 is 0 Å². The summed E-state index contributed by atoms with van der Waals surface area (Å²) in [6.07, 6.45) is 3.79. The molecule has 150 valence electrons. The van der Waals surface area contributed by atoms with Gasteiger partial charge in [-0.2, -0.15) is 5.10 Å². The molecule has 3 aromatic rings. The first-order valence-corrected chi connectivity index (χ1v) is 9.99. The quantitative estimate of drug-likeness (QED) is 0.285. The molecule has 0 fully saturated rings. The van der Waals surface area contributed by atoms with Crippen LogP contribution in [0.5, 0.6) is 0 Å². The van der Waals surface area contributed by atoms with Crippen molar-refractivity contribution in [1.29, 1.82) is 0 Å². The molecule has 0 aliphatic rings. The van der Waals surface area contributed by atoms with Crippen LogP contribution in [0.15, 0.2) is 65.2 Å². The number of thiophene rings is 1. The van der Waals surface area contributed by atoms with Gasteiger partial charge in [0.05, 0.1) is 6.54 Å². The number of rotatable bonds is 7. The number of nitrogens with one attached hydrogen (secondary N) is 2. The van der Waals surface area contributed by atoms with E-state index in [2.05, 4.69) is 76.4 Å². The molecule has 7 heteroatoms. The summed E-state index contributed by atoms with van der Waals surface area (Å²) in [5, 5.41) is 13.3. The summed E-state index contributed by atoms with van der Waals surface area (Å²) in [6, 6.07) is 14.7. The van der Waals surface area contributed by atoms with Gasteiger partial charge in [-0.3, -0.25) is 9.67 Å². The molecule has 0 aliphatic heterocycles. The Morgan fingerprint density at radius 1 is 1.11 bits per heavy atom. The minimum absolute atomic E-state index is 0. The molecule has 0 saturated carbocycles. The Morgan fingerprint density at radius 3 is 2.54 bits per heavy atom. The van der Waals surface area contributed by atoms with Gasteiger partial charge in [0.1, 0.15) is 0 Å². The molecule has 5 nitrogen and oxygen atoms in total. The lowest BCUT2D eigenvalue weighted by molar-refractivity contribution is 0.518. The van der Waals surface area contributed by atoms with Gasteiger partial charge in [-0.25, -0.2) is 0 Å². The number of aromatic nitrogens is 2. The van der Waals surface area contributed by atoms with E-state index in [1.807, 2.05) is 30.2 Å². The van der Waals surface area contributed by atoms with Crippen molar-refractivity contribution in [1.82, 2.24) is 20.4 Å². The van der Waals surface area contributed by atoms with Crippen molar-refractivity contribution in [3.63, 3.8) is 0 Å². The standard InChI is InChI=1S/C21H27N5S.HI/c1-21(2,19-10-6-13-27-19)16-24-20(22-3)23-14-17-8-4-5-9-18(17)15-26-12-7-11-25-26;/h4-13H,14-16H2,1-3H3,(H2,22,23,24);1H. The first-order chi connectivity index (χ1) is 13.1. The van der Waals surface area contributed by atoms with Crippen LogP contribution in [0.4, 0.5) is 0 Å². The Hall–Kier alpha value is -1.87. The molecule has 0 unspecified atom stereocenters. The molecule has 0 spiro atoms. The molecule has 28 heavy (non-hydrogen) atoms. The molecule has 2 heterocycles. The summed E-state index contributed by atoms with van der Waals surface area (Å²) < 4.78 is 1.94. The third kappa shape index (κ3) is 6.07. The molecule has 0 atom stereocenters. The van der Waals surface area contributed by atoms with E-state index < -0.39 is 0 Å². The molecule has 0 bridgehead atoms. The fourth-order valence-corrected chi connectivity index (χ4v) is 3.76. The van der Waals surface area contributed by atoms with Gasteiger partial charge < -0.3 is 10.6 Å². The predicted octanol–water partition coefficient (Wildman–Crippen LogP) is 4.25. The average molecular weight is 509 g/mol. The third-order valence-electron chi connectivity index (χ3n) is 4.57. The van der Waals surface area contributed by atoms with Crippen LogP contribution in [0.2, 0.25) is 0 Å². The lowest BCUT2D eigenvalue weighted by Gasteiger charge is -2.25. The number of benzene rings is 1. The second-order valence-electron chi connectivity index (χ2n) is 7.11. The van der Waals surface area contributed by atoms with Crippen molar-refractivity contribution in [2.45, 2.75) is 32.4 Å². The van der Waals surface area contributed by atoms with Crippen LogP contribution >= 0.6 is 35.3 Å². The molecular weight excluding hydrogens is 481 g/mol. The summed E-state index contributed by atoms with van der Waals surface area (Å²) in [6.45, 7) is 6.80. The first-order valence-electron chi connectivity index (χ1n) is 9.11. The van der Waals surface area contributed by atoms with Crippen molar-refractivity contribution < 1.29 is 0 Å². The minimum Gasteiger partial charge on any atom is -0.356 e. The van der Waals surface area contributed by atoms with Crippen molar-refractivity contribution in [3.05, 3.63) is 76.2 Å². The Kier molecular flexibility index (Phi) is 8.50. The van der Waals surface area contributed by atoms with Gasteiger partial charge in [-0.05, 0) is 28.6 Å². The zero-order chi connectivity index (χ0) is 19.1. The lowest BCUT2D eigenvalue weighted by Crippen LogP contribution is -2.43. The third-order valence-corrected chi connectivity index (χ3v) is 5.80. The monoisotopic (exact) mass is 509 g/mol. The van der Waals surface area contributed by atoms with Crippen LogP contribution in [-0.2, 0) is 18.5 Å². The highest BCUT2D eigenvalue weighted by Crippen LogP contribution is 2.26. The molecule has 0 aliphatic carbocycles. The Morgan fingerprint density at radius 2 is 1.89 bits per heavy atom. The number of halogens is 1. The summed E-state index contributed by atoms with van der Waals surface area (Å²) in [5.74, 6) is 0.813. The zero-order valence-corrected chi connectivity index (χ0v) is 19.7. The normalized spacial score (nSPS) is 11.8. The maximum atomic E-state index is 4.37.